The number of hydrogen-bond donors (Lipinski definition) is 1. The molecular weight excluding hydrogens is 334 g/mol. The average Bonchev–Trinajstić information content (AvgIpc) is 2.64. The van der Waals surface area contributed by atoms with Crippen LogP contribution in [0.2, 0.25) is 0 Å². The SMILES string of the molecule is Cc1sc(C(CN)N(C)CC2(N(C)C)CCC2)cc1Br. The summed E-state index contributed by atoms with van der Waals surface area (Å²) in [6, 6.07) is 2.55. The second-order valence-corrected chi connectivity index (χ2v) is 8.33. The standard InChI is InChI=1S/C15H26BrN3S/c1-11-12(16)8-14(20-11)13(9-17)19(4)10-15(18(2)3)6-5-7-15/h8,13H,5-7,9-10,17H2,1-4H3. The molecule has 0 spiro atoms. The molecule has 1 unspecified atom stereocenters. The maximum Gasteiger partial charge on any atom is 0.0562 e. The van der Waals surface area contributed by atoms with E-state index in [1.165, 1.54) is 33.5 Å². The van der Waals surface area contributed by atoms with Gasteiger partial charge >= 0.3 is 0 Å². The predicted octanol–water partition coefficient (Wildman–Crippen LogP) is 3.23. The van der Waals surface area contributed by atoms with E-state index in [0.29, 0.717) is 18.1 Å². The maximum absolute atomic E-state index is 6.06. The molecule has 1 aliphatic rings. The summed E-state index contributed by atoms with van der Waals surface area (Å²) in [5.74, 6) is 0. The van der Waals surface area contributed by atoms with Crippen LogP contribution in [-0.2, 0) is 0 Å². The van der Waals surface area contributed by atoms with Crippen LogP contribution in [0.1, 0.15) is 35.1 Å². The molecule has 1 heterocycles. The summed E-state index contributed by atoms with van der Waals surface area (Å²) < 4.78 is 1.20. The Bertz CT molecular complexity index is 434. The molecule has 1 aliphatic carbocycles. The lowest BCUT2D eigenvalue weighted by Crippen LogP contribution is -2.57. The molecule has 20 heavy (non-hydrogen) atoms. The van der Waals surface area contributed by atoms with Crippen molar-refractivity contribution in [2.24, 2.45) is 5.73 Å². The number of nitrogens with two attached hydrogens (primary N) is 1. The van der Waals surface area contributed by atoms with Crippen LogP contribution in [0, 0.1) is 6.92 Å². The minimum Gasteiger partial charge on any atom is -0.329 e. The molecule has 3 nitrogen and oxygen atoms in total. The van der Waals surface area contributed by atoms with Gasteiger partial charge in [-0.1, -0.05) is 0 Å². The normalized spacial score (nSPS) is 19.4. The largest absolute Gasteiger partial charge is 0.329 e. The monoisotopic (exact) mass is 359 g/mol. The minimum absolute atomic E-state index is 0.322. The van der Waals surface area contributed by atoms with Gasteiger partial charge in [-0.15, -0.1) is 11.3 Å². The first-order valence-electron chi connectivity index (χ1n) is 7.23. The lowest BCUT2D eigenvalue weighted by molar-refractivity contribution is 0.0172. The molecule has 0 radical (unpaired) electrons. The molecule has 5 heteroatoms. The molecular formula is C15H26BrN3S. The quantitative estimate of drug-likeness (QED) is 0.845. The lowest BCUT2D eigenvalue weighted by atomic mass is 9.75. The van der Waals surface area contributed by atoms with E-state index < -0.39 is 0 Å². The molecule has 0 amide bonds. The Morgan fingerprint density at radius 3 is 2.40 bits per heavy atom. The number of aryl methyl sites for hydroxylation is 1. The third-order valence-corrected chi connectivity index (χ3v) is 6.97. The minimum atomic E-state index is 0.322. The molecule has 0 saturated heterocycles. The molecule has 2 rings (SSSR count). The highest BCUT2D eigenvalue weighted by atomic mass is 79.9. The van der Waals surface area contributed by atoms with E-state index in [1.54, 1.807) is 0 Å². The van der Waals surface area contributed by atoms with Gasteiger partial charge in [0.25, 0.3) is 0 Å². The Balaban J connectivity index is 2.11. The van der Waals surface area contributed by atoms with Gasteiger partial charge in [-0.25, -0.2) is 0 Å². The first-order valence-corrected chi connectivity index (χ1v) is 8.84. The third-order valence-electron chi connectivity index (χ3n) is 4.74. The number of rotatable bonds is 6. The van der Waals surface area contributed by atoms with Crippen molar-refractivity contribution in [2.45, 2.75) is 37.8 Å². The highest BCUT2D eigenvalue weighted by molar-refractivity contribution is 9.10. The van der Waals surface area contributed by atoms with E-state index in [2.05, 4.69) is 59.9 Å². The second-order valence-electron chi connectivity index (χ2n) is 6.19. The maximum atomic E-state index is 6.06. The van der Waals surface area contributed by atoms with Crippen LogP contribution >= 0.6 is 27.3 Å². The molecule has 0 aliphatic heterocycles. The first kappa shape index (κ1) is 16.4. The van der Waals surface area contributed by atoms with Gasteiger partial charge in [-0.05, 0) is 69.3 Å². The number of halogens is 1. The summed E-state index contributed by atoms with van der Waals surface area (Å²) in [6.45, 7) is 3.92. The molecule has 1 fully saturated rings. The van der Waals surface area contributed by atoms with Crippen molar-refractivity contribution < 1.29 is 0 Å². The van der Waals surface area contributed by atoms with E-state index in [-0.39, 0.29) is 0 Å². The lowest BCUT2D eigenvalue weighted by Gasteiger charge is -2.50. The first-order chi connectivity index (χ1) is 9.39. The Morgan fingerprint density at radius 2 is 2.05 bits per heavy atom. The molecule has 1 aromatic rings. The van der Waals surface area contributed by atoms with Crippen LogP contribution in [0.5, 0.6) is 0 Å². The number of likely N-dealkylation sites (N-methyl/N-ethyl adjacent to an activating group) is 2. The van der Waals surface area contributed by atoms with Gasteiger partial charge in [-0.3, -0.25) is 4.90 Å². The van der Waals surface area contributed by atoms with Crippen molar-refractivity contribution in [2.75, 3.05) is 34.2 Å². The number of hydrogen-bond acceptors (Lipinski definition) is 4. The third kappa shape index (κ3) is 3.12. The fourth-order valence-corrected chi connectivity index (χ4v) is 4.81. The summed E-state index contributed by atoms with van der Waals surface area (Å²) in [4.78, 5) is 7.54. The smallest absolute Gasteiger partial charge is 0.0562 e. The van der Waals surface area contributed by atoms with E-state index >= 15 is 0 Å². The molecule has 1 atom stereocenters. The van der Waals surface area contributed by atoms with Crippen molar-refractivity contribution in [1.29, 1.82) is 0 Å². The van der Waals surface area contributed by atoms with Crippen molar-refractivity contribution in [3.8, 4) is 0 Å². The fourth-order valence-electron chi connectivity index (χ4n) is 3.07. The van der Waals surface area contributed by atoms with Crippen molar-refractivity contribution in [1.82, 2.24) is 9.80 Å². The van der Waals surface area contributed by atoms with Gasteiger partial charge in [0.1, 0.15) is 0 Å². The van der Waals surface area contributed by atoms with Gasteiger partial charge < -0.3 is 10.6 Å². The van der Waals surface area contributed by atoms with Crippen LogP contribution in [0.3, 0.4) is 0 Å². The Morgan fingerprint density at radius 1 is 1.40 bits per heavy atom. The van der Waals surface area contributed by atoms with Crippen molar-refractivity contribution in [3.63, 3.8) is 0 Å². The van der Waals surface area contributed by atoms with Crippen LogP contribution in [0.15, 0.2) is 10.5 Å². The predicted molar refractivity (Wildman–Crippen MR) is 91.5 cm³/mol. The van der Waals surface area contributed by atoms with Crippen LogP contribution < -0.4 is 5.73 Å². The highest BCUT2D eigenvalue weighted by Crippen LogP contribution is 2.39. The molecule has 2 N–H and O–H groups in total. The summed E-state index contributed by atoms with van der Waals surface area (Å²) in [5, 5.41) is 0. The summed E-state index contributed by atoms with van der Waals surface area (Å²) >= 11 is 5.47. The Kier molecular flexibility index (Phi) is 5.29. The molecule has 114 valence electrons. The van der Waals surface area contributed by atoms with Gasteiger partial charge in [-0.2, -0.15) is 0 Å². The number of nitrogens with zero attached hydrogens (tertiary/aromatic N) is 2. The van der Waals surface area contributed by atoms with Crippen molar-refractivity contribution in [3.05, 3.63) is 20.3 Å². The van der Waals surface area contributed by atoms with E-state index in [4.69, 9.17) is 5.73 Å². The zero-order valence-electron chi connectivity index (χ0n) is 12.9. The Labute approximate surface area is 135 Å². The van der Waals surface area contributed by atoms with E-state index in [0.717, 1.165) is 6.54 Å². The molecule has 0 aromatic carbocycles. The summed E-state index contributed by atoms with van der Waals surface area (Å²) in [7, 11) is 6.62. The van der Waals surface area contributed by atoms with Gasteiger partial charge in [0, 0.05) is 32.9 Å². The second kappa shape index (κ2) is 6.44. The average molecular weight is 360 g/mol. The van der Waals surface area contributed by atoms with Crippen LogP contribution in [-0.4, -0.2) is 49.6 Å². The number of thiophene rings is 1. The van der Waals surface area contributed by atoms with Gasteiger partial charge in [0.2, 0.25) is 0 Å². The summed E-state index contributed by atoms with van der Waals surface area (Å²) in [6.07, 6.45) is 3.95. The fraction of sp³-hybridized carbons (Fsp3) is 0.733. The van der Waals surface area contributed by atoms with Crippen LogP contribution in [0.4, 0.5) is 0 Å². The Hall–Kier alpha value is 0.0600. The van der Waals surface area contributed by atoms with Crippen LogP contribution in [0.25, 0.3) is 0 Å². The van der Waals surface area contributed by atoms with E-state index in [1.807, 2.05) is 11.3 Å². The van der Waals surface area contributed by atoms with E-state index in [9.17, 15) is 0 Å². The van der Waals surface area contributed by atoms with Gasteiger partial charge in [0.15, 0.2) is 0 Å². The molecule has 1 aromatic heterocycles. The molecule has 0 bridgehead atoms. The zero-order valence-corrected chi connectivity index (χ0v) is 15.4. The zero-order chi connectivity index (χ0) is 14.9. The van der Waals surface area contributed by atoms with Gasteiger partial charge in [0.05, 0.1) is 6.04 Å². The molecule has 1 saturated carbocycles. The highest BCUT2D eigenvalue weighted by Gasteiger charge is 2.40. The van der Waals surface area contributed by atoms with Crippen molar-refractivity contribution >= 4 is 27.3 Å². The summed E-state index contributed by atoms with van der Waals surface area (Å²) in [5.41, 5.74) is 6.41. The topological polar surface area (TPSA) is 32.5 Å².